The minimum absolute atomic E-state index is 0.0597. The summed E-state index contributed by atoms with van der Waals surface area (Å²) in [6, 6.07) is 7.97. The molecule has 0 bridgehead atoms. The monoisotopic (exact) mass is 401 g/mol. The van der Waals surface area contributed by atoms with E-state index >= 15 is 0 Å². The molecule has 2 aromatic carbocycles. The third-order valence-electron chi connectivity index (χ3n) is 5.69. The van der Waals surface area contributed by atoms with Crippen LogP contribution in [0, 0.1) is 0 Å². The summed E-state index contributed by atoms with van der Waals surface area (Å²) in [6.45, 7) is 0.804. The van der Waals surface area contributed by atoms with Crippen LogP contribution in [0.15, 0.2) is 24.3 Å². The van der Waals surface area contributed by atoms with Gasteiger partial charge in [-0.1, -0.05) is 6.07 Å². The van der Waals surface area contributed by atoms with Crippen molar-refractivity contribution in [1.82, 2.24) is 5.32 Å². The molecule has 0 saturated carbocycles. The highest BCUT2D eigenvalue weighted by molar-refractivity contribution is 5.55. The fourth-order valence-electron chi connectivity index (χ4n) is 4.35. The number of rotatable bonds is 5. The third-order valence-corrected chi connectivity index (χ3v) is 5.69. The van der Waals surface area contributed by atoms with Crippen LogP contribution >= 0.6 is 0 Å². The second kappa shape index (κ2) is 8.10. The van der Waals surface area contributed by atoms with E-state index in [2.05, 4.69) is 11.4 Å². The van der Waals surface area contributed by atoms with Gasteiger partial charge in [-0.05, 0) is 47.9 Å². The Morgan fingerprint density at radius 3 is 2.24 bits per heavy atom. The standard InChI is InChI=1S/C22H27NO6/c1-24-15-7-6-13-18(21(15)27-4)22(28-5)29-20-14-11-17(26-3)16(25-2)10-12(14)8-9-23-19(13)20/h6-7,10-11,19-20,22-23H,8-9H2,1-5H3. The molecule has 2 aliphatic heterocycles. The maximum Gasteiger partial charge on any atom is 0.188 e. The first kappa shape index (κ1) is 19.8. The molecule has 2 aliphatic rings. The van der Waals surface area contributed by atoms with E-state index in [0.29, 0.717) is 17.2 Å². The predicted octanol–water partition coefficient (Wildman–Crippen LogP) is 3.32. The molecule has 0 spiro atoms. The lowest BCUT2D eigenvalue weighted by atomic mass is 9.87. The van der Waals surface area contributed by atoms with Gasteiger partial charge in [-0.15, -0.1) is 0 Å². The smallest absolute Gasteiger partial charge is 0.188 e. The van der Waals surface area contributed by atoms with Gasteiger partial charge < -0.3 is 33.7 Å². The molecule has 1 N–H and O–H groups in total. The average Bonchev–Trinajstić information content (AvgIpc) is 2.95. The van der Waals surface area contributed by atoms with E-state index in [4.69, 9.17) is 28.4 Å². The second-order valence-corrected chi connectivity index (χ2v) is 7.02. The van der Waals surface area contributed by atoms with Gasteiger partial charge in [-0.25, -0.2) is 0 Å². The van der Waals surface area contributed by atoms with Crippen molar-refractivity contribution in [2.75, 3.05) is 42.1 Å². The molecule has 7 nitrogen and oxygen atoms in total. The molecular weight excluding hydrogens is 374 g/mol. The lowest BCUT2D eigenvalue weighted by Gasteiger charge is -2.38. The number of benzene rings is 2. The lowest BCUT2D eigenvalue weighted by molar-refractivity contribution is -0.181. The molecule has 2 heterocycles. The fourth-order valence-corrected chi connectivity index (χ4v) is 4.35. The summed E-state index contributed by atoms with van der Waals surface area (Å²) in [4.78, 5) is 0. The molecule has 156 valence electrons. The van der Waals surface area contributed by atoms with Crippen molar-refractivity contribution in [3.63, 3.8) is 0 Å². The van der Waals surface area contributed by atoms with E-state index in [-0.39, 0.29) is 12.1 Å². The van der Waals surface area contributed by atoms with Crippen molar-refractivity contribution in [1.29, 1.82) is 0 Å². The quantitative estimate of drug-likeness (QED) is 0.824. The van der Waals surface area contributed by atoms with Crippen LogP contribution in [0.3, 0.4) is 0 Å². The van der Waals surface area contributed by atoms with Gasteiger partial charge in [0.2, 0.25) is 0 Å². The minimum atomic E-state index is -0.586. The molecule has 0 fully saturated rings. The van der Waals surface area contributed by atoms with E-state index in [1.165, 1.54) is 5.56 Å². The zero-order valence-electron chi connectivity index (χ0n) is 17.4. The van der Waals surface area contributed by atoms with E-state index in [9.17, 15) is 0 Å². The largest absolute Gasteiger partial charge is 0.493 e. The molecule has 4 rings (SSSR count). The predicted molar refractivity (Wildman–Crippen MR) is 107 cm³/mol. The summed E-state index contributed by atoms with van der Waals surface area (Å²) in [6.07, 6.45) is 0.0202. The van der Waals surface area contributed by atoms with Crippen LogP contribution in [0.5, 0.6) is 23.0 Å². The van der Waals surface area contributed by atoms with Crippen molar-refractivity contribution in [2.24, 2.45) is 0 Å². The van der Waals surface area contributed by atoms with Crippen LogP contribution in [0.25, 0.3) is 0 Å². The summed E-state index contributed by atoms with van der Waals surface area (Å²) in [5.74, 6) is 2.68. The topological polar surface area (TPSA) is 67.4 Å². The van der Waals surface area contributed by atoms with Gasteiger partial charge >= 0.3 is 0 Å². The van der Waals surface area contributed by atoms with Gasteiger partial charge in [0.1, 0.15) is 6.10 Å². The fraction of sp³-hybridized carbons (Fsp3) is 0.455. The van der Waals surface area contributed by atoms with Crippen molar-refractivity contribution < 1.29 is 28.4 Å². The molecule has 0 radical (unpaired) electrons. The maximum absolute atomic E-state index is 6.47. The first-order valence-electron chi connectivity index (χ1n) is 9.58. The first-order valence-corrected chi connectivity index (χ1v) is 9.58. The van der Waals surface area contributed by atoms with Gasteiger partial charge in [-0.3, -0.25) is 0 Å². The van der Waals surface area contributed by atoms with E-state index in [1.807, 2.05) is 18.2 Å². The summed E-state index contributed by atoms with van der Waals surface area (Å²) >= 11 is 0. The second-order valence-electron chi connectivity index (χ2n) is 7.02. The highest BCUT2D eigenvalue weighted by Crippen LogP contribution is 2.52. The maximum atomic E-state index is 6.47. The van der Waals surface area contributed by atoms with Crippen molar-refractivity contribution in [2.45, 2.75) is 24.9 Å². The average molecular weight is 401 g/mol. The van der Waals surface area contributed by atoms with Gasteiger partial charge in [0.15, 0.2) is 29.3 Å². The zero-order chi connectivity index (χ0) is 20.5. The SMILES string of the molecule is COc1cc2c(cc1OC)C1OC(OC)c3c(ccc(OC)c3OC)C1NCC2. The number of nitrogens with one attached hydrogen (secondary N) is 1. The molecule has 0 saturated heterocycles. The van der Waals surface area contributed by atoms with Crippen LogP contribution in [0.4, 0.5) is 0 Å². The Kier molecular flexibility index (Phi) is 5.54. The summed E-state index contributed by atoms with van der Waals surface area (Å²) in [5.41, 5.74) is 4.17. The molecule has 7 heteroatoms. The zero-order valence-corrected chi connectivity index (χ0v) is 17.4. The number of hydrogen-bond acceptors (Lipinski definition) is 7. The number of hydrogen-bond donors (Lipinski definition) is 1. The van der Waals surface area contributed by atoms with Crippen LogP contribution in [0.1, 0.15) is 40.7 Å². The molecule has 2 aromatic rings. The van der Waals surface area contributed by atoms with Crippen molar-refractivity contribution in [3.8, 4) is 23.0 Å². The highest BCUT2D eigenvalue weighted by Gasteiger charge is 2.41. The van der Waals surface area contributed by atoms with Crippen LogP contribution in [-0.4, -0.2) is 42.1 Å². The van der Waals surface area contributed by atoms with Gasteiger partial charge in [0.25, 0.3) is 0 Å². The van der Waals surface area contributed by atoms with Gasteiger partial charge in [-0.2, -0.15) is 0 Å². The Hall–Kier alpha value is -2.48. The number of fused-ring (bicyclic) bond motifs is 5. The Balaban J connectivity index is 1.88. The molecule has 3 atom stereocenters. The first-order chi connectivity index (χ1) is 14.2. The molecule has 0 aromatic heterocycles. The summed E-state index contributed by atoms with van der Waals surface area (Å²) in [5, 5.41) is 3.64. The Morgan fingerprint density at radius 2 is 1.59 bits per heavy atom. The van der Waals surface area contributed by atoms with E-state index in [1.54, 1.807) is 35.5 Å². The molecule has 0 aliphatic carbocycles. The van der Waals surface area contributed by atoms with E-state index < -0.39 is 6.29 Å². The Labute approximate surface area is 170 Å². The van der Waals surface area contributed by atoms with Crippen LogP contribution in [-0.2, 0) is 15.9 Å². The molecule has 0 amide bonds. The highest BCUT2D eigenvalue weighted by atomic mass is 16.7. The summed E-state index contributed by atoms with van der Waals surface area (Å²) in [7, 11) is 8.17. The minimum Gasteiger partial charge on any atom is -0.493 e. The lowest BCUT2D eigenvalue weighted by Crippen LogP contribution is -2.34. The molecular formula is C22H27NO6. The Morgan fingerprint density at radius 1 is 0.862 bits per heavy atom. The van der Waals surface area contributed by atoms with Crippen LogP contribution in [0.2, 0.25) is 0 Å². The molecule has 29 heavy (non-hydrogen) atoms. The van der Waals surface area contributed by atoms with E-state index in [0.717, 1.165) is 35.4 Å². The van der Waals surface area contributed by atoms with Crippen molar-refractivity contribution in [3.05, 3.63) is 46.5 Å². The van der Waals surface area contributed by atoms with Gasteiger partial charge in [0, 0.05) is 7.11 Å². The number of methoxy groups -OCH3 is 5. The third kappa shape index (κ3) is 3.19. The number of ether oxygens (including phenoxy) is 6. The Bertz CT molecular complexity index is 899. The molecule has 3 unspecified atom stereocenters. The summed E-state index contributed by atoms with van der Waals surface area (Å²) < 4.78 is 34.4. The van der Waals surface area contributed by atoms with Crippen LogP contribution < -0.4 is 24.3 Å². The normalized spacial score (nSPS) is 22.6. The van der Waals surface area contributed by atoms with Gasteiger partial charge in [0.05, 0.1) is 40.0 Å². The van der Waals surface area contributed by atoms with Crippen molar-refractivity contribution >= 4 is 0 Å².